The number of hydrogen-bond donors (Lipinski definition) is 1. The maximum atomic E-state index is 11.1. The van der Waals surface area contributed by atoms with Crippen molar-refractivity contribution in [3.05, 3.63) is 27.9 Å². The minimum atomic E-state index is -0.330. The van der Waals surface area contributed by atoms with Gasteiger partial charge in [0.15, 0.2) is 0 Å². The Bertz CT molecular complexity index is 450. The Balaban J connectivity index is 2.24. The summed E-state index contributed by atoms with van der Waals surface area (Å²) in [6, 6.07) is 1.68. The van der Waals surface area contributed by atoms with Crippen molar-refractivity contribution in [1.29, 1.82) is 0 Å². The van der Waals surface area contributed by atoms with Crippen molar-refractivity contribution in [2.75, 3.05) is 31.6 Å². The maximum Gasteiger partial charge on any atom is 0.314 e. The number of hydrogen-bond acceptors (Lipinski definition) is 5. The normalized spacial score (nSPS) is 19.2. The van der Waals surface area contributed by atoms with Crippen LogP contribution in [0, 0.1) is 23.0 Å². The number of aromatic nitrogens is 1. The van der Waals surface area contributed by atoms with Crippen LogP contribution in [0.5, 0.6) is 0 Å². The van der Waals surface area contributed by atoms with Crippen LogP contribution in [-0.4, -0.2) is 36.6 Å². The fourth-order valence-corrected chi connectivity index (χ4v) is 2.47. The molecule has 1 atom stereocenters. The summed E-state index contributed by atoms with van der Waals surface area (Å²) in [6.07, 6.45) is 2.69. The van der Waals surface area contributed by atoms with Gasteiger partial charge in [0.1, 0.15) is 0 Å². The molecule has 0 spiro atoms. The van der Waals surface area contributed by atoms with Crippen molar-refractivity contribution in [1.82, 2.24) is 10.3 Å². The van der Waals surface area contributed by atoms with Crippen LogP contribution in [0.3, 0.4) is 0 Å². The lowest BCUT2D eigenvalue weighted by molar-refractivity contribution is -0.384. The third kappa shape index (κ3) is 2.43. The molecule has 6 heteroatoms. The van der Waals surface area contributed by atoms with Gasteiger partial charge in [-0.25, -0.2) is 4.98 Å². The zero-order valence-electron chi connectivity index (χ0n) is 10.7. The lowest BCUT2D eigenvalue weighted by atomic mass is 10.1. The molecule has 1 N–H and O–H groups in total. The van der Waals surface area contributed by atoms with Crippen LogP contribution in [0.25, 0.3) is 0 Å². The highest BCUT2D eigenvalue weighted by Gasteiger charge is 2.29. The minimum absolute atomic E-state index is 0.141. The first-order valence-corrected chi connectivity index (χ1v) is 6.13. The minimum Gasteiger partial charge on any atom is -0.351 e. The molecule has 0 aliphatic carbocycles. The van der Waals surface area contributed by atoms with Crippen molar-refractivity contribution in [3.63, 3.8) is 0 Å². The van der Waals surface area contributed by atoms with E-state index in [9.17, 15) is 10.1 Å². The molecule has 0 radical (unpaired) electrons. The summed E-state index contributed by atoms with van der Waals surface area (Å²) in [4.78, 5) is 17.0. The quantitative estimate of drug-likeness (QED) is 0.645. The van der Waals surface area contributed by atoms with E-state index in [2.05, 4.69) is 10.3 Å². The van der Waals surface area contributed by atoms with Gasteiger partial charge in [-0.3, -0.25) is 10.1 Å². The van der Waals surface area contributed by atoms with E-state index in [1.165, 1.54) is 0 Å². The van der Waals surface area contributed by atoms with Gasteiger partial charge < -0.3 is 10.2 Å². The van der Waals surface area contributed by atoms with Gasteiger partial charge in [0.05, 0.1) is 4.92 Å². The Kier molecular flexibility index (Phi) is 3.76. The molecule has 1 aromatic rings. The maximum absolute atomic E-state index is 11.1. The number of anilines is 1. The molecule has 98 valence electrons. The first-order valence-electron chi connectivity index (χ1n) is 6.13. The summed E-state index contributed by atoms with van der Waals surface area (Å²) >= 11 is 0. The van der Waals surface area contributed by atoms with Gasteiger partial charge in [-0.1, -0.05) is 0 Å². The molecule has 18 heavy (non-hydrogen) atoms. The van der Waals surface area contributed by atoms with Gasteiger partial charge in [0, 0.05) is 24.8 Å². The Hall–Kier alpha value is -1.69. The van der Waals surface area contributed by atoms with E-state index in [0.29, 0.717) is 17.3 Å². The van der Waals surface area contributed by atoms with E-state index in [4.69, 9.17) is 0 Å². The van der Waals surface area contributed by atoms with Crippen molar-refractivity contribution in [3.8, 4) is 0 Å². The van der Waals surface area contributed by atoms with Gasteiger partial charge in [-0.05, 0) is 38.9 Å². The molecule has 1 aliphatic heterocycles. The van der Waals surface area contributed by atoms with E-state index < -0.39 is 0 Å². The third-order valence-corrected chi connectivity index (χ3v) is 3.37. The molecule has 2 heterocycles. The van der Waals surface area contributed by atoms with E-state index in [1.807, 2.05) is 11.9 Å². The summed E-state index contributed by atoms with van der Waals surface area (Å²) in [5.41, 5.74) is 0.810. The molecular weight excluding hydrogens is 232 g/mol. The molecule has 1 saturated heterocycles. The Labute approximate surface area is 106 Å². The highest BCUT2D eigenvalue weighted by Crippen LogP contribution is 2.32. The van der Waals surface area contributed by atoms with Gasteiger partial charge in [-0.15, -0.1) is 0 Å². The molecule has 0 amide bonds. The van der Waals surface area contributed by atoms with Crippen LogP contribution >= 0.6 is 0 Å². The number of nitrogens with one attached hydrogen (secondary N) is 1. The van der Waals surface area contributed by atoms with Crippen LogP contribution in [-0.2, 0) is 0 Å². The van der Waals surface area contributed by atoms with Crippen LogP contribution in [0.2, 0.25) is 0 Å². The summed E-state index contributed by atoms with van der Waals surface area (Å²) in [5.74, 6) is 1.05. The fraction of sp³-hybridized carbons (Fsp3) is 0.583. The van der Waals surface area contributed by atoms with Crippen molar-refractivity contribution in [2.45, 2.75) is 13.3 Å². The van der Waals surface area contributed by atoms with Crippen LogP contribution < -0.4 is 10.2 Å². The van der Waals surface area contributed by atoms with Gasteiger partial charge >= 0.3 is 5.69 Å². The predicted octanol–water partition coefficient (Wildman–Crippen LogP) is 1.34. The highest BCUT2D eigenvalue weighted by atomic mass is 16.6. The Morgan fingerprint density at radius 3 is 3.11 bits per heavy atom. The standard InChI is InChI=1S/C12H18N4O2/c1-9-3-5-14-12(11(9)16(17)18)15-6-4-10(8-15)7-13-2/h3,5,10,13H,4,6-8H2,1-2H3. The second-order valence-corrected chi connectivity index (χ2v) is 4.72. The number of aryl methyl sites for hydroxylation is 1. The first kappa shape index (κ1) is 12.8. The third-order valence-electron chi connectivity index (χ3n) is 3.37. The Morgan fingerprint density at radius 1 is 1.67 bits per heavy atom. The number of nitro groups is 1. The highest BCUT2D eigenvalue weighted by molar-refractivity contribution is 5.61. The van der Waals surface area contributed by atoms with Crippen molar-refractivity contribution >= 4 is 11.5 Å². The summed E-state index contributed by atoms with van der Waals surface area (Å²) in [5, 5.41) is 14.3. The molecule has 0 aromatic carbocycles. The number of nitrogens with zero attached hydrogens (tertiary/aromatic N) is 3. The predicted molar refractivity (Wildman–Crippen MR) is 69.9 cm³/mol. The largest absolute Gasteiger partial charge is 0.351 e. The molecule has 1 aliphatic rings. The van der Waals surface area contributed by atoms with Gasteiger partial charge in [0.2, 0.25) is 5.82 Å². The van der Waals surface area contributed by atoms with E-state index in [-0.39, 0.29) is 10.6 Å². The smallest absolute Gasteiger partial charge is 0.314 e. The molecule has 0 saturated carbocycles. The first-order chi connectivity index (χ1) is 8.63. The number of pyridine rings is 1. The summed E-state index contributed by atoms with van der Waals surface area (Å²) in [7, 11) is 1.93. The fourth-order valence-electron chi connectivity index (χ4n) is 2.47. The van der Waals surface area contributed by atoms with Crippen LogP contribution in [0.15, 0.2) is 12.3 Å². The molecule has 0 bridgehead atoms. The number of rotatable bonds is 4. The topological polar surface area (TPSA) is 71.3 Å². The molecular formula is C12H18N4O2. The lowest BCUT2D eigenvalue weighted by Gasteiger charge is -2.17. The second kappa shape index (κ2) is 5.30. The van der Waals surface area contributed by atoms with E-state index in [1.54, 1.807) is 19.2 Å². The summed E-state index contributed by atoms with van der Waals surface area (Å²) in [6.45, 7) is 4.36. The average molecular weight is 250 g/mol. The van der Waals surface area contributed by atoms with Crippen LogP contribution in [0.4, 0.5) is 11.5 Å². The monoisotopic (exact) mass is 250 g/mol. The molecule has 6 nitrogen and oxygen atoms in total. The molecule has 1 aromatic heterocycles. The molecule has 1 unspecified atom stereocenters. The average Bonchev–Trinajstić information content (AvgIpc) is 2.77. The molecule has 1 fully saturated rings. The van der Waals surface area contributed by atoms with Gasteiger partial charge in [-0.2, -0.15) is 0 Å². The zero-order valence-corrected chi connectivity index (χ0v) is 10.7. The summed E-state index contributed by atoms with van der Waals surface area (Å²) < 4.78 is 0. The molecule has 2 rings (SSSR count). The van der Waals surface area contributed by atoms with Crippen LogP contribution in [0.1, 0.15) is 12.0 Å². The van der Waals surface area contributed by atoms with Gasteiger partial charge in [0.25, 0.3) is 0 Å². The zero-order chi connectivity index (χ0) is 13.1. The Morgan fingerprint density at radius 2 is 2.44 bits per heavy atom. The SMILES string of the molecule is CNCC1CCN(c2nccc(C)c2[N+](=O)[O-])C1. The van der Waals surface area contributed by atoms with Crippen molar-refractivity contribution < 1.29 is 4.92 Å². The van der Waals surface area contributed by atoms with E-state index >= 15 is 0 Å². The van der Waals surface area contributed by atoms with E-state index in [0.717, 1.165) is 26.1 Å². The van der Waals surface area contributed by atoms with Crippen molar-refractivity contribution in [2.24, 2.45) is 5.92 Å². The lowest BCUT2D eigenvalue weighted by Crippen LogP contribution is -2.25. The second-order valence-electron chi connectivity index (χ2n) is 4.72.